The Kier molecular flexibility index (Phi) is 7.98. The third-order valence-corrected chi connectivity index (χ3v) is 8.39. The third-order valence-electron chi connectivity index (χ3n) is 8.39. The molecule has 3 fully saturated rings. The standard InChI is InChI=1S/C27H32F3N7O3/c28-27(29,30)24-21(16-33-34-25(24)39)37-9-1-2-20(37)17-40-13-5-23(38)36-12-8-26(18-36)6-10-35(11-7-26)22-4-3-19(14-31)15-32-22/h3-4,15-16,20H,1-2,5-13,17-18H2,(H,34,39)/t20-/m0/s1. The molecular weight excluding hydrogens is 527 g/mol. The van der Waals surface area contributed by atoms with Crippen molar-refractivity contribution in [2.45, 2.75) is 50.7 Å². The molecule has 1 amide bonds. The van der Waals surface area contributed by atoms with Crippen molar-refractivity contribution in [3.05, 3.63) is 46.0 Å². The van der Waals surface area contributed by atoms with Gasteiger partial charge in [-0.3, -0.25) is 9.59 Å². The third kappa shape index (κ3) is 5.91. The first kappa shape index (κ1) is 27.9. The largest absolute Gasteiger partial charge is 0.423 e. The van der Waals surface area contributed by atoms with Crippen LogP contribution in [0.25, 0.3) is 0 Å². The molecule has 0 aromatic carbocycles. The summed E-state index contributed by atoms with van der Waals surface area (Å²) in [5.41, 5.74) is -2.11. The van der Waals surface area contributed by atoms with Crippen molar-refractivity contribution < 1.29 is 22.7 Å². The molecule has 40 heavy (non-hydrogen) atoms. The van der Waals surface area contributed by atoms with Crippen LogP contribution in [-0.4, -0.2) is 78.0 Å². The number of likely N-dealkylation sites (tertiary alicyclic amines) is 1. The van der Waals surface area contributed by atoms with Gasteiger partial charge in [-0.2, -0.15) is 23.5 Å². The van der Waals surface area contributed by atoms with E-state index in [4.69, 9.17) is 10.00 Å². The number of alkyl halides is 3. The number of amides is 1. The summed E-state index contributed by atoms with van der Waals surface area (Å²) in [4.78, 5) is 34.8. The summed E-state index contributed by atoms with van der Waals surface area (Å²) in [7, 11) is 0. The molecule has 0 bridgehead atoms. The molecule has 5 heterocycles. The van der Waals surface area contributed by atoms with Crippen molar-refractivity contribution in [2.24, 2.45) is 5.41 Å². The topological polar surface area (TPSA) is 118 Å². The number of aromatic nitrogens is 3. The maximum absolute atomic E-state index is 13.5. The number of carbonyl (C=O) groups excluding carboxylic acids is 1. The summed E-state index contributed by atoms with van der Waals surface area (Å²) >= 11 is 0. The fraction of sp³-hybridized carbons (Fsp3) is 0.593. The lowest BCUT2D eigenvalue weighted by molar-refractivity contribution is -0.138. The molecule has 3 saturated heterocycles. The number of aromatic amines is 1. The van der Waals surface area contributed by atoms with Crippen molar-refractivity contribution in [1.82, 2.24) is 20.1 Å². The fourth-order valence-electron chi connectivity index (χ4n) is 6.15. The zero-order chi connectivity index (χ0) is 28.3. The number of carbonyl (C=O) groups is 1. The Morgan fingerprint density at radius 1 is 1.18 bits per heavy atom. The average molecular weight is 560 g/mol. The highest BCUT2D eigenvalue weighted by Gasteiger charge is 2.43. The molecule has 0 unspecified atom stereocenters. The lowest BCUT2D eigenvalue weighted by Crippen LogP contribution is -2.42. The highest BCUT2D eigenvalue weighted by atomic mass is 19.4. The number of anilines is 2. The van der Waals surface area contributed by atoms with Crippen LogP contribution in [-0.2, 0) is 15.7 Å². The van der Waals surface area contributed by atoms with Crippen LogP contribution in [0.5, 0.6) is 0 Å². The molecule has 0 aliphatic carbocycles. The second-order valence-corrected chi connectivity index (χ2v) is 10.8. The lowest BCUT2D eigenvalue weighted by Gasteiger charge is -2.39. The zero-order valence-corrected chi connectivity index (χ0v) is 22.1. The van der Waals surface area contributed by atoms with Crippen LogP contribution in [0.2, 0.25) is 0 Å². The van der Waals surface area contributed by atoms with Gasteiger partial charge in [-0.05, 0) is 49.7 Å². The van der Waals surface area contributed by atoms with E-state index >= 15 is 0 Å². The lowest BCUT2D eigenvalue weighted by atomic mass is 9.78. The number of ether oxygens (including phenoxy) is 1. The second-order valence-electron chi connectivity index (χ2n) is 10.8. The first-order valence-corrected chi connectivity index (χ1v) is 13.6. The smallest absolute Gasteiger partial charge is 0.379 e. The van der Waals surface area contributed by atoms with Crippen molar-refractivity contribution in [3.8, 4) is 6.07 Å². The van der Waals surface area contributed by atoms with E-state index in [1.165, 1.54) is 4.90 Å². The number of nitrogens with zero attached hydrogens (tertiary/aromatic N) is 6. The number of nitrogens with one attached hydrogen (secondary N) is 1. The molecule has 3 aliphatic rings. The van der Waals surface area contributed by atoms with Crippen LogP contribution >= 0.6 is 0 Å². The van der Waals surface area contributed by atoms with Crippen LogP contribution in [0.4, 0.5) is 24.7 Å². The molecule has 1 atom stereocenters. The predicted octanol–water partition coefficient (Wildman–Crippen LogP) is 2.95. The molecule has 0 radical (unpaired) electrons. The van der Waals surface area contributed by atoms with Gasteiger partial charge in [-0.15, -0.1) is 0 Å². The molecule has 2 aromatic heterocycles. The van der Waals surface area contributed by atoms with Crippen LogP contribution < -0.4 is 15.4 Å². The molecule has 3 aliphatic heterocycles. The number of rotatable bonds is 7. The molecule has 2 aromatic rings. The summed E-state index contributed by atoms with van der Waals surface area (Å²) in [5.74, 6) is 0.886. The zero-order valence-electron chi connectivity index (χ0n) is 22.1. The molecule has 0 saturated carbocycles. The van der Waals surface area contributed by atoms with E-state index in [0.29, 0.717) is 38.0 Å². The Labute approximate surface area is 229 Å². The molecular formula is C27H32F3N7O3. The van der Waals surface area contributed by atoms with Gasteiger partial charge in [0.2, 0.25) is 5.91 Å². The molecule has 1 spiro atoms. The summed E-state index contributed by atoms with van der Waals surface area (Å²) in [6.45, 7) is 3.84. The van der Waals surface area contributed by atoms with E-state index in [9.17, 15) is 22.8 Å². The van der Waals surface area contributed by atoms with Gasteiger partial charge in [0.15, 0.2) is 0 Å². The minimum atomic E-state index is -4.80. The number of H-pyrrole nitrogens is 1. The molecule has 13 heteroatoms. The summed E-state index contributed by atoms with van der Waals surface area (Å²) in [6, 6.07) is 5.40. The highest BCUT2D eigenvalue weighted by Crippen LogP contribution is 2.41. The normalized spacial score (nSPS) is 20.8. The highest BCUT2D eigenvalue weighted by molar-refractivity contribution is 5.76. The molecule has 1 N–H and O–H groups in total. The van der Waals surface area contributed by atoms with Gasteiger partial charge >= 0.3 is 6.18 Å². The van der Waals surface area contributed by atoms with Gasteiger partial charge in [-0.25, -0.2) is 10.1 Å². The number of piperidine rings is 1. The predicted molar refractivity (Wildman–Crippen MR) is 140 cm³/mol. The Morgan fingerprint density at radius 2 is 1.95 bits per heavy atom. The quantitative estimate of drug-likeness (QED) is 0.515. The summed E-state index contributed by atoms with van der Waals surface area (Å²) < 4.78 is 46.3. The molecule has 10 nitrogen and oxygen atoms in total. The van der Waals surface area contributed by atoms with E-state index in [2.05, 4.69) is 21.1 Å². The van der Waals surface area contributed by atoms with Crippen molar-refractivity contribution in [1.29, 1.82) is 5.26 Å². The average Bonchev–Trinajstić information content (AvgIpc) is 3.58. The number of hydrogen-bond acceptors (Lipinski definition) is 8. The SMILES string of the molecule is N#Cc1ccc(N2CCC3(CCN(C(=O)CCOC[C@@H]4CCCN4c4cn[nH]c(=O)c4C(F)(F)F)C3)CC2)nc1. The minimum absolute atomic E-state index is 0.0227. The van der Waals surface area contributed by atoms with Crippen molar-refractivity contribution >= 4 is 17.4 Å². The number of nitriles is 1. The van der Waals surface area contributed by atoms with Crippen molar-refractivity contribution in [2.75, 3.05) is 55.7 Å². The van der Waals surface area contributed by atoms with Gasteiger partial charge in [0.1, 0.15) is 17.5 Å². The molecule has 214 valence electrons. The first-order chi connectivity index (χ1) is 19.2. The van der Waals surface area contributed by atoms with E-state index in [0.717, 1.165) is 44.4 Å². The Balaban J connectivity index is 1.08. The van der Waals surface area contributed by atoms with Gasteiger partial charge in [-0.1, -0.05) is 0 Å². The number of halogens is 3. The summed E-state index contributed by atoms with van der Waals surface area (Å²) in [6.07, 6.45) is 2.22. The van der Waals surface area contributed by atoms with Gasteiger partial charge < -0.3 is 19.4 Å². The maximum Gasteiger partial charge on any atom is 0.423 e. The van der Waals surface area contributed by atoms with Crippen LogP contribution in [0.3, 0.4) is 0 Å². The second kappa shape index (κ2) is 11.4. The number of hydrogen-bond donors (Lipinski definition) is 1. The van der Waals surface area contributed by atoms with Gasteiger partial charge in [0, 0.05) is 38.9 Å². The Bertz CT molecular complexity index is 1300. The fourth-order valence-corrected chi connectivity index (χ4v) is 6.15. The van der Waals surface area contributed by atoms with E-state index in [-0.39, 0.29) is 42.7 Å². The van der Waals surface area contributed by atoms with Crippen LogP contribution in [0, 0.1) is 16.7 Å². The van der Waals surface area contributed by atoms with Gasteiger partial charge in [0.25, 0.3) is 5.56 Å². The van der Waals surface area contributed by atoms with Crippen LogP contribution in [0.1, 0.15) is 49.7 Å². The van der Waals surface area contributed by atoms with Crippen molar-refractivity contribution in [3.63, 3.8) is 0 Å². The monoisotopic (exact) mass is 559 g/mol. The van der Waals surface area contributed by atoms with E-state index in [1.54, 1.807) is 12.3 Å². The van der Waals surface area contributed by atoms with Crippen LogP contribution in [0.15, 0.2) is 29.3 Å². The Morgan fingerprint density at radius 3 is 2.65 bits per heavy atom. The molecule has 5 rings (SSSR count). The first-order valence-electron chi connectivity index (χ1n) is 13.6. The van der Waals surface area contributed by atoms with E-state index < -0.39 is 17.3 Å². The van der Waals surface area contributed by atoms with E-state index in [1.807, 2.05) is 16.1 Å². The minimum Gasteiger partial charge on any atom is -0.379 e. The Hall–Kier alpha value is -3.66. The van der Waals surface area contributed by atoms with Gasteiger partial charge in [0.05, 0.1) is 43.1 Å². The number of pyridine rings is 1. The summed E-state index contributed by atoms with van der Waals surface area (Å²) in [5, 5.41) is 14.4. The maximum atomic E-state index is 13.5.